The lowest BCUT2D eigenvalue weighted by Gasteiger charge is -2.16. The minimum atomic E-state index is 0.161. The number of Topliss-reactive ketones (excluding diaryl/α,β-unsaturated/α-hetero) is 2. The third-order valence-corrected chi connectivity index (χ3v) is 11.0. The maximum absolute atomic E-state index is 12.5. The molecule has 0 aromatic heterocycles. The molecule has 2 aromatic carbocycles. The largest absolute Gasteiger partial charge is 0.369 e. The number of rotatable bonds is 39. The Bertz CT molecular complexity index is 1150. The van der Waals surface area contributed by atoms with E-state index in [0.29, 0.717) is 26.1 Å². The van der Waals surface area contributed by atoms with E-state index >= 15 is 0 Å². The van der Waals surface area contributed by atoms with Crippen molar-refractivity contribution in [1.82, 2.24) is 9.80 Å². The summed E-state index contributed by atoms with van der Waals surface area (Å²) in [6.45, 7) is 9.86. The molecular weight excluding hydrogens is 693 g/mol. The van der Waals surface area contributed by atoms with Gasteiger partial charge >= 0.3 is 0 Å². The van der Waals surface area contributed by atoms with E-state index in [1.165, 1.54) is 128 Å². The lowest BCUT2D eigenvalue weighted by molar-refractivity contribution is -0.124. The van der Waals surface area contributed by atoms with Gasteiger partial charge in [0.05, 0.1) is 13.2 Å². The van der Waals surface area contributed by atoms with Crippen LogP contribution in [0.4, 0.5) is 0 Å². The van der Waals surface area contributed by atoms with Crippen LogP contribution in [0.2, 0.25) is 0 Å². The average Bonchev–Trinajstić information content (AvgIpc) is 3.19. The van der Waals surface area contributed by atoms with Crippen LogP contribution < -0.4 is 0 Å². The second-order valence-corrected chi connectivity index (χ2v) is 16.6. The van der Waals surface area contributed by atoms with Gasteiger partial charge in [-0.05, 0) is 100 Å². The van der Waals surface area contributed by atoms with Crippen LogP contribution in [-0.4, -0.2) is 74.9 Å². The third kappa shape index (κ3) is 27.3. The summed E-state index contributed by atoms with van der Waals surface area (Å²) in [4.78, 5) is 29.7. The molecule has 0 aliphatic rings. The van der Waals surface area contributed by atoms with Gasteiger partial charge in [0.2, 0.25) is 0 Å². The molecule has 0 amide bonds. The zero-order chi connectivity index (χ0) is 40.3. The molecule has 0 aliphatic carbocycles. The van der Waals surface area contributed by atoms with Crippen molar-refractivity contribution >= 4 is 11.6 Å². The highest BCUT2D eigenvalue weighted by atomic mass is 16.5. The molecule has 0 saturated heterocycles. The summed E-state index contributed by atoms with van der Waals surface area (Å²) in [5, 5.41) is 0. The summed E-state index contributed by atoms with van der Waals surface area (Å²) in [5.74, 6) is 0.346. The van der Waals surface area contributed by atoms with Gasteiger partial charge in [-0.3, -0.25) is 9.59 Å². The van der Waals surface area contributed by atoms with Crippen LogP contribution in [0.25, 0.3) is 11.1 Å². The van der Waals surface area contributed by atoms with Crippen LogP contribution >= 0.6 is 0 Å². The van der Waals surface area contributed by atoms with Crippen molar-refractivity contribution in [3.05, 3.63) is 59.7 Å². The van der Waals surface area contributed by atoms with Crippen LogP contribution in [-0.2, 0) is 32.3 Å². The van der Waals surface area contributed by atoms with Gasteiger partial charge in [-0.2, -0.15) is 0 Å². The molecule has 0 N–H and O–H groups in total. The molecular formula is C50H84N2O4. The molecule has 318 valence electrons. The number of ketones is 2. The molecule has 0 radical (unpaired) electrons. The Morgan fingerprint density at radius 2 is 0.768 bits per heavy atom. The van der Waals surface area contributed by atoms with Crippen molar-refractivity contribution in [1.29, 1.82) is 0 Å². The summed E-state index contributed by atoms with van der Waals surface area (Å²) in [5.41, 5.74) is 4.30. The Labute approximate surface area is 344 Å². The summed E-state index contributed by atoms with van der Waals surface area (Å²) in [6.07, 6.45) is 30.1. The van der Waals surface area contributed by atoms with Crippen LogP contribution in [0, 0.1) is 0 Å². The quantitative estimate of drug-likeness (QED) is 0.0630. The Morgan fingerprint density at radius 1 is 0.446 bits per heavy atom. The van der Waals surface area contributed by atoms with Gasteiger partial charge in [-0.1, -0.05) is 166 Å². The van der Waals surface area contributed by atoms with Crippen molar-refractivity contribution in [2.45, 2.75) is 181 Å². The molecule has 0 saturated carbocycles. The summed E-state index contributed by atoms with van der Waals surface area (Å²) < 4.78 is 11.7. The molecule has 6 nitrogen and oxygen atoms in total. The lowest BCUT2D eigenvalue weighted by atomic mass is 10.0. The molecule has 0 aliphatic heterocycles. The fourth-order valence-electron chi connectivity index (χ4n) is 7.45. The van der Waals surface area contributed by atoms with Gasteiger partial charge < -0.3 is 19.3 Å². The Hall–Kier alpha value is -2.38. The zero-order valence-corrected chi connectivity index (χ0v) is 36.8. The Kier molecular flexibility index (Phi) is 30.8. The van der Waals surface area contributed by atoms with E-state index in [2.05, 4.69) is 62.0 Å². The van der Waals surface area contributed by atoms with E-state index in [1.807, 2.05) is 24.3 Å². The molecule has 56 heavy (non-hydrogen) atoms. The maximum Gasteiger partial charge on any atom is 0.158 e. The highest BCUT2D eigenvalue weighted by Crippen LogP contribution is 2.23. The first-order valence-corrected chi connectivity index (χ1v) is 23.2. The molecule has 2 rings (SSSR count). The minimum absolute atomic E-state index is 0.161. The van der Waals surface area contributed by atoms with Crippen molar-refractivity contribution in [3.63, 3.8) is 0 Å². The monoisotopic (exact) mass is 777 g/mol. The number of unbranched alkanes of at least 4 members (excludes halogenated alkanes) is 18. The van der Waals surface area contributed by atoms with Crippen LogP contribution in [0.15, 0.2) is 48.5 Å². The molecule has 0 fully saturated rings. The Balaban J connectivity index is 1.54. The van der Waals surface area contributed by atoms with Crippen molar-refractivity contribution in [3.8, 4) is 11.1 Å². The molecule has 0 atom stereocenters. The summed E-state index contributed by atoms with van der Waals surface area (Å²) in [7, 11) is 4.35. The lowest BCUT2D eigenvalue weighted by Crippen LogP contribution is -2.22. The van der Waals surface area contributed by atoms with Crippen LogP contribution in [0.1, 0.15) is 179 Å². The van der Waals surface area contributed by atoms with E-state index in [-0.39, 0.29) is 24.8 Å². The number of nitrogens with zero attached hydrogens (tertiary/aromatic N) is 2. The molecule has 2 aromatic rings. The van der Waals surface area contributed by atoms with E-state index in [9.17, 15) is 9.59 Å². The fraction of sp³-hybridized carbons (Fsp3) is 0.720. The number of hydrogen-bond acceptors (Lipinski definition) is 6. The SMILES string of the molecule is CCCCCCCCCCCCN(C)CCCC(=O)COCc1cccc(-c2cccc(COCC(=O)CCCN(C)CCCCCCCCCCCC)c2)c1. The smallest absolute Gasteiger partial charge is 0.158 e. The van der Waals surface area contributed by atoms with Crippen LogP contribution in [0.3, 0.4) is 0 Å². The highest BCUT2D eigenvalue weighted by Gasteiger charge is 2.08. The topological polar surface area (TPSA) is 59.1 Å². The zero-order valence-electron chi connectivity index (χ0n) is 36.8. The molecule has 0 unspecified atom stereocenters. The van der Waals surface area contributed by atoms with Crippen molar-refractivity contribution in [2.75, 3.05) is 53.5 Å². The Morgan fingerprint density at radius 3 is 1.12 bits per heavy atom. The predicted octanol–water partition coefficient (Wildman–Crippen LogP) is 12.8. The van der Waals surface area contributed by atoms with Crippen molar-refractivity contribution in [2.24, 2.45) is 0 Å². The number of ether oxygens (including phenoxy) is 2. The molecule has 6 heteroatoms. The molecule has 0 bridgehead atoms. The summed E-state index contributed by atoms with van der Waals surface area (Å²) >= 11 is 0. The average molecular weight is 777 g/mol. The summed E-state index contributed by atoms with van der Waals surface area (Å²) in [6, 6.07) is 16.6. The number of hydrogen-bond donors (Lipinski definition) is 0. The first-order valence-electron chi connectivity index (χ1n) is 23.2. The predicted molar refractivity (Wildman–Crippen MR) is 238 cm³/mol. The fourth-order valence-corrected chi connectivity index (χ4v) is 7.45. The normalized spacial score (nSPS) is 11.6. The number of carbonyl (C=O) groups is 2. The maximum atomic E-state index is 12.5. The number of carbonyl (C=O) groups excluding carboxylic acids is 2. The second kappa shape index (κ2) is 34.6. The van der Waals surface area contributed by atoms with E-state index in [4.69, 9.17) is 9.47 Å². The molecule has 0 heterocycles. The van der Waals surface area contributed by atoms with Crippen molar-refractivity contribution < 1.29 is 19.1 Å². The standard InChI is InChI=1S/C50H84N2O4/c1-5-7-9-11-13-15-17-19-21-23-35-51(3)37-27-33-49(53)43-55-41-45-29-25-31-47(39-45)48-32-26-30-46(40-48)42-56-44-50(54)34-28-38-52(4)36-24-22-20-18-16-14-12-10-8-6-2/h25-26,29-32,39-40H,5-24,27-28,33-38,41-44H2,1-4H3. The first kappa shape index (κ1) is 49.8. The minimum Gasteiger partial charge on any atom is -0.369 e. The van der Waals surface area contributed by atoms with E-state index < -0.39 is 0 Å². The third-order valence-electron chi connectivity index (χ3n) is 11.0. The van der Waals surface area contributed by atoms with Crippen LogP contribution in [0.5, 0.6) is 0 Å². The van der Waals surface area contributed by atoms with Gasteiger partial charge in [-0.25, -0.2) is 0 Å². The van der Waals surface area contributed by atoms with Gasteiger partial charge in [0.15, 0.2) is 11.6 Å². The molecule has 0 spiro atoms. The van der Waals surface area contributed by atoms with Gasteiger partial charge in [0.25, 0.3) is 0 Å². The first-order chi connectivity index (χ1) is 27.4. The van der Waals surface area contributed by atoms with E-state index in [1.54, 1.807) is 0 Å². The van der Waals surface area contributed by atoms with Gasteiger partial charge in [0, 0.05) is 12.8 Å². The van der Waals surface area contributed by atoms with Gasteiger partial charge in [-0.15, -0.1) is 0 Å². The highest BCUT2D eigenvalue weighted by molar-refractivity contribution is 5.80. The second-order valence-electron chi connectivity index (χ2n) is 16.6. The number of benzene rings is 2. The van der Waals surface area contributed by atoms with E-state index in [0.717, 1.165) is 61.3 Å². The van der Waals surface area contributed by atoms with Gasteiger partial charge in [0.1, 0.15) is 13.2 Å².